The SMILES string of the molecule is CCOC(=O)c1ccc(Cn2cc(/C=c3/sc4n(c3=O)[C@H](c3ccccc3)C(C(=O)OC)=C(CC)N=4)c3ccccc32)cc1. The van der Waals surface area contributed by atoms with Gasteiger partial charge in [0.25, 0.3) is 5.56 Å². The van der Waals surface area contributed by atoms with E-state index < -0.39 is 12.0 Å². The van der Waals surface area contributed by atoms with Crippen molar-refractivity contribution in [1.82, 2.24) is 9.13 Å². The van der Waals surface area contributed by atoms with E-state index in [9.17, 15) is 14.4 Å². The number of methoxy groups -OCH3 is 1. The van der Waals surface area contributed by atoms with E-state index in [-0.39, 0.29) is 11.5 Å². The molecule has 0 saturated heterocycles. The zero-order chi connectivity index (χ0) is 30.8. The summed E-state index contributed by atoms with van der Waals surface area (Å²) in [5.74, 6) is -0.833. The number of fused-ring (bicyclic) bond motifs is 2. The maximum atomic E-state index is 14.1. The number of aromatic nitrogens is 2. The number of rotatable bonds is 8. The minimum Gasteiger partial charge on any atom is -0.466 e. The lowest BCUT2D eigenvalue weighted by molar-refractivity contribution is -0.136. The molecule has 0 saturated carbocycles. The van der Waals surface area contributed by atoms with Crippen LogP contribution >= 0.6 is 11.3 Å². The normalized spacial score (nSPS) is 14.8. The Kier molecular flexibility index (Phi) is 8.13. The maximum absolute atomic E-state index is 14.1. The minimum absolute atomic E-state index is 0.217. The van der Waals surface area contributed by atoms with Gasteiger partial charge in [0.2, 0.25) is 0 Å². The molecule has 0 unspecified atom stereocenters. The highest BCUT2D eigenvalue weighted by atomic mass is 32.1. The van der Waals surface area contributed by atoms with E-state index in [2.05, 4.69) is 4.57 Å². The summed E-state index contributed by atoms with van der Waals surface area (Å²) in [6.07, 6.45) is 4.46. The average Bonchev–Trinajstić information content (AvgIpc) is 3.56. The molecule has 1 atom stereocenters. The number of carbonyl (C=O) groups excluding carboxylic acids is 2. The lowest BCUT2D eigenvalue weighted by atomic mass is 9.95. The van der Waals surface area contributed by atoms with Gasteiger partial charge in [0.15, 0.2) is 4.80 Å². The van der Waals surface area contributed by atoms with Crippen molar-refractivity contribution < 1.29 is 19.1 Å². The van der Waals surface area contributed by atoms with Crippen LogP contribution in [0.2, 0.25) is 0 Å². The Labute approximate surface area is 257 Å². The van der Waals surface area contributed by atoms with Gasteiger partial charge in [0, 0.05) is 29.2 Å². The van der Waals surface area contributed by atoms with Crippen LogP contribution in [0.5, 0.6) is 0 Å². The van der Waals surface area contributed by atoms with Gasteiger partial charge < -0.3 is 14.0 Å². The molecular formula is C35H31N3O5S. The van der Waals surface area contributed by atoms with Crippen LogP contribution in [0.3, 0.4) is 0 Å². The topological polar surface area (TPSA) is 91.9 Å². The molecule has 3 aromatic carbocycles. The van der Waals surface area contributed by atoms with Gasteiger partial charge in [-0.3, -0.25) is 9.36 Å². The second-order valence-electron chi connectivity index (χ2n) is 10.3. The predicted octanol–water partition coefficient (Wildman–Crippen LogP) is 4.98. The maximum Gasteiger partial charge on any atom is 0.338 e. The van der Waals surface area contributed by atoms with Crippen LogP contribution in [0.25, 0.3) is 17.0 Å². The summed E-state index contributed by atoms with van der Waals surface area (Å²) in [4.78, 5) is 44.5. The van der Waals surface area contributed by atoms with E-state index in [0.717, 1.165) is 27.6 Å². The molecule has 6 rings (SSSR count). The molecule has 9 heteroatoms. The van der Waals surface area contributed by atoms with Crippen LogP contribution in [0.15, 0.2) is 106 Å². The van der Waals surface area contributed by atoms with Crippen LogP contribution in [0, 0.1) is 0 Å². The fraction of sp³-hybridized carbons (Fsp3) is 0.200. The quantitative estimate of drug-likeness (QED) is 0.233. The van der Waals surface area contributed by atoms with Crippen LogP contribution in [0.1, 0.15) is 53.4 Å². The highest BCUT2D eigenvalue weighted by molar-refractivity contribution is 7.07. The van der Waals surface area contributed by atoms with Gasteiger partial charge >= 0.3 is 11.9 Å². The van der Waals surface area contributed by atoms with Gasteiger partial charge in [-0.15, -0.1) is 0 Å². The number of hydrogen-bond acceptors (Lipinski definition) is 7. The van der Waals surface area contributed by atoms with Crippen LogP contribution in [-0.4, -0.2) is 34.8 Å². The molecule has 0 N–H and O–H groups in total. The van der Waals surface area contributed by atoms with Gasteiger partial charge in [0.1, 0.15) is 0 Å². The number of ether oxygens (including phenoxy) is 2. The number of nitrogens with zero attached hydrogens (tertiary/aromatic N) is 3. The first kappa shape index (κ1) is 29.1. The fourth-order valence-corrected chi connectivity index (χ4v) is 6.65. The number of esters is 2. The van der Waals surface area contributed by atoms with Crippen LogP contribution in [0.4, 0.5) is 0 Å². The van der Waals surface area contributed by atoms with Crippen molar-refractivity contribution in [2.24, 2.45) is 4.99 Å². The first-order chi connectivity index (χ1) is 21.4. The van der Waals surface area contributed by atoms with Gasteiger partial charge in [-0.05, 0) is 48.7 Å². The average molecular weight is 606 g/mol. The summed E-state index contributed by atoms with van der Waals surface area (Å²) in [6.45, 7) is 4.63. The summed E-state index contributed by atoms with van der Waals surface area (Å²) < 4.78 is 14.5. The summed E-state index contributed by atoms with van der Waals surface area (Å²) in [7, 11) is 1.35. The van der Waals surface area contributed by atoms with Crippen LogP contribution in [-0.2, 0) is 20.8 Å². The molecule has 0 spiro atoms. The molecule has 1 aliphatic heterocycles. The molecule has 44 heavy (non-hydrogen) atoms. The zero-order valence-electron chi connectivity index (χ0n) is 24.7. The molecule has 0 fully saturated rings. The van der Waals surface area contributed by atoms with Gasteiger partial charge in [-0.2, -0.15) is 0 Å². The molecule has 5 aromatic rings. The predicted molar refractivity (Wildman–Crippen MR) is 170 cm³/mol. The van der Waals surface area contributed by atoms with Crippen molar-refractivity contribution in [3.8, 4) is 0 Å². The first-order valence-electron chi connectivity index (χ1n) is 14.5. The number of benzene rings is 3. The smallest absolute Gasteiger partial charge is 0.338 e. The van der Waals surface area contributed by atoms with E-state index in [4.69, 9.17) is 14.5 Å². The Morgan fingerprint density at radius 1 is 0.955 bits per heavy atom. The van der Waals surface area contributed by atoms with E-state index in [0.29, 0.717) is 45.7 Å². The van der Waals surface area contributed by atoms with Crippen molar-refractivity contribution >= 4 is 40.3 Å². The molecular weight excluding hydrogens is 574 g/mol. The number of thiazole rings is 1. The van der Waals surface area contributed by atoms with Crippen LogP contribution < -0.4 is 14.9 Å². The summed E-state index contributed by atoms with van der Waals surface area (Å²) in [6, 6.07) is 24.3. The van der Waals surface area contributed by atoms with Crippen molar-refractivity contribution in [2.45, 2.75) is 32.9 Å². The number of para-hydroxylation sites is 1. The van der Waals surface area contributed by atoms with E-state index in [1.165, 1.54) is 18.4 Å². The lowest BCUT2D eigenvalue weighted by Crippen LogP contribution is -2.40. The molecule has 0 amide bonds. The Hall–Kier alpha value is -5.02. The third kappa shape index (κ3) is 5.31. The summed E-state index contributed by atoms with van der Waals surface area (Å²) >= 11 is 1.31. The van der Waals surface area contributed by atoms with E-state index in [1.54, 1.807) is 23.6 Å². The number of hydrogen-bond donors (Lipinski definition) is 0. The van der Waals surface area contributed by atoms with Gasteiger partial charge in [0.05, 0.1) is 41.1 Å². The Balaban J connectivity index is 1.45. The van der Waals surface area contributed by atoms with Gasteiger partial charge in [-0.25, -0.2) is 14.6 Å². The molecule has 3 heterocycles. The Bertz CT molecular complexity index is 2090. The largest absolute Gasteiger partial charge is 0.466 e. The number of allylic oxidation sites excluding steroid dienone is 1. The molecule has 222 valence electrons. The second-order valence-corrected chi connectivity index (χ2v) is 11.4. The molecule has 0 aliphatic carbocycles. The van der Waals surface area contributed by atoms with Crippen molar-refractivity contribution in [3.05, 3.63) is 138 Å². The van der Waals surface area contributed by atoms with E-state index >= 15 is 0 Å². The van der Waals surface area contributed by atoms with Crippen molar-refractivity contribution in [3.63, 3.8) is 0 Å². The highest BCUT2D eigenvalue weighted by Crippen LogP contribution is 2.32. The van der Waals surface area contributed by atoms with Crippen molar-refractivity contribution in [2.75, 3.05) is 13.7 Å². The third-order valence-electron chi connectivity index (χ3n) is 7.69. The lowest BCUT2D eigenvalue weighted by Gasteiger charge is -2.25. The molecule has 1 aliphatic rings. The molecule has 0 radical (unpaired) electrons. The molecule has 0 bridgehead atoms. The molecule has 2 aromatic heterocycles. The Morgan fingerprint density at radius 2 is 1.68 bits per heavy atom. The number of carbonyl (C=O) groups is 2. The van der Waals surface area contributed by atoms with E-state index in [1.807, 2.05) is 85.9 Å². The first-order valence-corrected chi connectivity index (χ1v) is 15.3. The van der Waals surface area contributed by atoms with Gasteiger partial charge in [-0.1, -0.05) is 78.9 Å². The zero-order valence-corrected chi connectivity index (χ0v) is 25.5. The summed E-state index contributed by atoms with van der Waals surface area (Å²) in [5, 5.41) is 1.01. The Morgan fingerprint density at radius 3 is 2.39 bits per heavy atom. The summed E-state index contributed by atoms with van der Waals surface area (Å²) in [5.41, 5.74) is 5.04. The highest BCUT2D eigenvalue weighted by Gasteiger charge is 2.33. The fourth-order valence-electron chi connectivity index (χ4n) is 5.63. The minimum atomic E-state index is -0.643. The standard InChI is InChI=1S/C35H31N3O5S/c1-4-27-30(34(41)42-3)31(23-11-7-6-8-12-23)38-32(39)29(44-35(38)36-27)19-25-21-37(28-14-10-9-13-26(25)28)20-22-15-17-24(18-16-22)33(40)43-5-2/h6-19,21,31H,4-5,20H2,1-3H3/b29-19+/t31-/m1/s1. The monoisotopic (exact) mass is 605 g/mol. The van der Waals surface area contributed by atoms with Crippen molar-refractivity contribution in [1.29, 1.82) is 0 Å². The third-order valence-corrected chi connectivity index (χ3v) is 8.67. The molecule has 8 nitrogen and oxygen atoms in total. The second kappa shape index (κ2) is 12.3.